The highest BCUT2D eigenvalue weighted by Gasteiger charge is 2.32. The van der Waals surface area contributed by atoms with E-state index in [9.17, 15) is 0 Å². The molecule has 0 fully saturated rings. The fraction of sp³-hybridized carbons (Fsp3) is 0.231. The van der Waals surface area contributed by atoms with Crippen molar-refractivity contribution in [1.29, 1.82) is 0 Å². The SMILES string of the molecule is COc1ccc(C2=C(CN(C)C)C(c3ccccc3)c3ccccc3O2)cc1OC. The van der Waals surface area contributed by atoms with E-state index >= 15 is 0 Å². The molecule has 0 spiro atoms. The van der Waals surface area contributed by atoms with Crippen LogP contribution >= 0.6 is 0 Å². The molecule has 1 heterocycles. The molecule has 4 heteroatoms. The number of ether oxygens (including phenoxy) is 3. The molecule has 0 radical (unpaired) electrons. The van der Waals surface area contributed by atoms with Gasteiger partial charge in [-0.25, -0.2) is 0 Å². The van der Waals surface area contributed by atoms with Crippen LogP contribution in [0.4, 0.5) is 0 Å². The lowest BCUT2D eigenvalue weighted by Gasteiger charge is -2.33. The molecule has 3 aromatic rings. The summed E-state index contributed by atoms with van der Waals surface area (Å²) < 4.78 is 17.5. The third-order valence-corrected chi connectivity index (χ3v) is 5.35. The van der Waals surface area contributed by atoms with E-state index in [2.05, 4.69) is 61.5 Å². The van der Waals surface area contributed by atoms with Crippen molar-refractivity contribution in [1.82, 2.24) is 4.90 Å². The minimum Gasteiger partial charge on any atom is -0.493 e. The number of hydrogen-bond acceptors (Lipinski definition) is 4. The van der Waals surface area contributed by atoms with Gasteiger partial charge in [0.15, 0.2) is 11.5 Å². The van der Waals surface area contributed by atoms with Gasteiger partial charge in [0.05, 0.1) is 14.2 Å². The van der Waals surface area contributed by atoms with Gasteiger partial charge < -0.3 is 19.1 Å². The van der Waals surface area contributed by atoms with Gasteiger partial charge in [-0.3, -0.25) is 0 Å². The standard InChI is InChI=1S/C26H27NO3/c1-27(2)17-21-25(18-10-6-5-7-11-18)20-12-8-9-13-22(20)30-26(21)19-14-15-23(28-3)24(16-19)29-4/h5-16,25H,17H2,1-4H3. The summed E-state index contributed by atoms with van der Waals surface area (Å²) in [6.07, 6.45) is 0. The Morgan fingerprint density at radius 1 is 0.833 bits per heavy atom. The molecule has 0 aliphatic carbocycles. The van der Waals surface area contributed by atoms with Gasteiger partial charge in [-0.15, -0.1) is 0 Å². The Bertz CT molecular complexity index is 1060. The first-order chi connectivity index (χ1) is 14.6. The molecule has 1 unspecified atom stereocenters. The largest absolute Gasteiger partial charge is 0.493 e. The van der Waals surface area contributed by atoms with E-state index < -0.39 is 0 Å². The predicted molar refractivity (Wildman–Crippen MR) is 120 cm³/mol. The molecule has 4 rings (SSSR count). The highest BCUT2D eigenvalue weighted by Crippen LogP contribution is 2.46. The maximum atomic E-state index is 6.51. The van der Waals surface area contributed by atoms with Gasteiger partial charge in [-0.05, 0) is 49.5 Å². The van der Waals surface area contributed by atoms with Crippen molar-refractivity contribution in [3.8, 4) is 17.2 Å². The van der Waals surface area contributed by atoms with Crippen LogP contribution in [-0.2, 0) is 0 Å². The molecule has 30 heavy (non-hydrogen) atoms. The Morgan fingerprint density at radius 2 is 1.53 bits per heavy atom. The quantitative estimate of drug-likeness (QED) is 0.568. The van der Waals surface area contributed by atoms with E-state index in [1.165, 1.54) is 16.7 Å². The highest BCUT2D eigenvalue weighted by molar-refractivity contribution is 5.74. The second-order valence-corrected chi connectivity index (χ2v) is 7.65. The second-order valence-electron chi connectivity index (χ2n) is 7.65. The van der Waals surface area contributed by atoms with Gasteiger partial charge in [0, 0.05) is 23.6 Å². The molecule has 0 N–H and O–H groups in total. The number of likely N-dealkylation sites (N-methyl/N-ethyl adjacent to an activating group) is 1. The lowest BCUT2D eigenvalue weighted by Crippen LogP contribution is -2.25. The van der Waals surface area contributed by atoms with E-state index in [-0.39, 0.29) is 5.92 Å². The highest BCUT2D eigenvalue weighted by atomic mass is 16.5. The van der Waals surface area contributed by atoms with Crippen molar-refractivity contribution < 1.29 is 14.2 Å². The van der Waals surface area contributed by atoms with Gasteiger partial charge in [-0.2, -0.15) is 0 Å². The number of hydrogen-bond donors (Lipinski definition) is 0. The molecule has 1 aliphatic rings. The molecule has 1 atom stereocenters. The van der Waals surface area contributed by atoms with Crippen LogP contribution < -0.4 is 14.2 Å². The Kier molecular flexibility index (Phi) is 5.77. The van der Waals surface area contributed by atoms with E-state index in [1.54, 1.807) is 14.2 Å². The fourth-order valence-electron chi connectivity index (χ4n) is 4.06. The molecular formula is C26H27NO3. The average molecular weight is 402 g/mol. The van der Waals surface area contributed by atoms with Crippen molar-refractivity contribution in [3.63, 3.8) is 0 Å². The summed E-state index contributed by atoms with van der Waals surface area (Å²) in [5, 5.41) is 0. The van der Waals surface area contributed by atoms with E-state index in [0.717, 1.165) is 23.6 Å². The predicted octanol–water partition coefficient (Wildman–Crippen LogP) is 5.20. The lowest BCUT2D eigenvalue weighted by molar-refractivity contribution is 0.354. The summed E-state index contributed by atoms with van der Waals surface area (Å²) in [6.45, 7) is 0.775. The first-order valence-corrected chi connectivity index (χ1v) is 10.0. The summed E-state index contributed by atoms with van der Waals surface area (Å²) in [4.78, 5) is 2.18. The summed E-state index contributed by atoms with van der Waals surface area (Å²) in [6, 6.07) is 24.9. The summed E-state index contributed by atoms with van der Waals surface area (Å²) in [5.74, 6) is 3.26. The van der Waals surface area contributed by atoms with E-state index in [4.69, 9.17) is 14.2 Å². The summed E-state index contributed by atoms with van der Waals surface area (Å²) in [7, 11) is 7.47. The average Bonchev–Trinajstić information content (AvgIpc) is 2.78. The van der Waals surface area contributed by atoms with E-state index in [1.807, 2.05) is 30.3 Å². The van der Waals surface area contributed by atoms with Crippen molar-refractivity contribution >= 4 is 5.76 Å². The zero-order valence-electron chi connectivity index (χ0n) is 17.9. The third-order valence-electron chi connectivity index (χ3n) is 5.35. The number of benzene rings is 3. The van der Waals surface area contributed by atoms with Gasteiger partial charge in [0.25, 0.3) is 0 Å². The van der Waals surface area contributed by atoms with Crippen LogP contribution in [0.25, 0.3) is 5.76 Å². The molecular weight excluding hydrogens is 374 g/mol. The van der Waals surface area contributed by atoms with Gasteiger partial charge in [-0.1, -0.05) is 48.5 Å². The Hall–Kier alpha value is -3.24. The van der Waals surface area contributed by atoms with Crippen LogP contribution in [0.1, 0.15) is 22.6 Å². The van der Waals surface area contributed by atoms with Gasteiger partial charge in [0.2, 0.25) is 0 Å². The molecule has 0 bridgehead atoms. The number of nitrogens with zero attached hydrogens (tertiary/aromatic N) is 1. The summed E-state index contributed by atoms with van der Waals surface area (Å²) >= 11 is 0. The van der Waals surface area contributed by atoms with Crippen LogP contribution in [0.2, 0.25) is 0 Å². The van der Waals surface area contributed by atoms with Crippen molar-refractivity contribution in [2.75, 3.05) is 34.9 Å². The molecule has 3 aromatic carbocycles. The maximum Gasteiger partial charge on any atom is 0.161 e. The molecule has 0 aromatic heterocycles. The molecule has 0 saturated carbocycles. The Balaban J connectivity index is 1.95. The second kappa shape index (κ2) is 8.64. The zero-order valence-corrected chi connectivity index (χ0v) is 17.9. The first-order valence-electron chi connectivity index (χ1n) is 10.0. The van der Waals surface area contributed by atoms with Crippen LogP contribution in [0.5, 0.6) is 17.2 Å². The number of rotatable bonds is 6. The van der Waals surface area contributed by atoms with Crippen LogP contribution in [0.3, 0.4) is 0 Å². The minimum atomic E-state index is 0.113. The number of fused-ring (bicyclic) bond motifs is 1. The van der Waals surface area contributed by atoms with E-state index in [0.29, 0.717) is 11.5 Å². The molecule has 4 nitrogen and oxygen atoms in total. The number of para-hydroxylation sites is 1. The summed E-state index contributed by atoms with van der Waals surface area (Å²) in [5.41, 5.74) is 4.63. The monoisotopic (exact) mass is 401 g/mol. The third kappa shape index (κ3) is 3.79. The maximum absolute atomic E-state index is 6.51. The smallest absolute Gasteiger partial charge is 0.161 e. The molecule has 154 valence electrons. The molecule has 0 amide bonds. The minimum absolute atomic E-state index is 0.113. The Morgan fingerprint density at radius 3 is 2.23 bits per heavy atom. The fourth-order valence-corrected chi connectivity index (χ4v) is 4.06. The molecule has 1 aliphatic heterocycles. The van der Waals surface area contributed by atoms with Crippen molar-refractivity contribution in [2.45, 2.75) is 5.92 Å². The zero-order chi connectivity index (χ0) is 21.1. The Labute approximate surface area is 178 Å². The van der Waals surface area contributed by atoms with Gasteiger partial charge in [0.1, 0.15) is 11.5 Å². The lowest BCUT2D eigenvalue weighted by atomic mass is 9.81. The topological polar surface area (TPSA) is 30.9 Å². The van der Waals surface area contributed by atoms with Crippen LogP contribution in [0, 0.1) is 0 Å². The van der Waals surface area contributed by atoms with Crippen molar-refractivity contribution in [2.24, 2.45) is 0 Å². The van der Waals surface area contributed by atoms with Crippen LogP contribution in [-0.4, -0.2) is 39.8 Å². The molecule has 0 saturated heterocycles. The number of methoxy groups -OCH3 is 2. The van der Waals surface area contributed by atoms with Crippen molar-refractivity contribution in [3.05, 3.63) is 95.1 Å². The first kappa shape index (κ1) is 20.0. The van der Waals surface area contributed by atoms with Crippen LogP contribution in [0.15, 0.2) is 78.4 Å². The van der Waals surface area contributed by atoms with Gasteiger partial charge >= 0.3 is 0 Å². The normalized spacial score (nSPS) is 15.6.